The van der Waals surface area contributed by atoms with Gasteiger partial charge in [0.15, 0.2) is 0 Å². The molecule has 16 heavy (non-hydrogen) atoms. The SMILES string of the molecule is CC(CC(C)(C)C(N)C(=O)O)C(N)C(=O)O. The van der Waals surface area contributed by atoms with Crippen LogP contribution in [-0.2, 0) is 9.59 Å². The molecule has 0 radical (unpaired) electrons. The zero-order valence-electron chi connectivity index (χ0n) is 9.80. The molecule has 0 aliphatic heterocycles. The molecule has 0 aromatic rings. The summed E-state index contributed by atoms with van der Waals surface area (Å²) in [7, 11) is 0. The Kier molecular flexibility index (Phi) is 4.89. The molecule has 6 heteroatoms. The van der Waals surface area contributed by atoms with Crippen molar-refractivity contribution in [2.45, 2.75) is 39.3 Å². The van der Waals surface area contributed by atoms with E-state index in [1.54, 1.807) is 20.8 Å². The molecule has 0 aromatic heterocycles. The summed E-state index contributed by atoms with van der Waals surface area (Å²) in [5.74, 6) is -2.52. The Morgan fingerprint density at radius 3 is 1.94 bits per heavy atom. The normalized spacial score (nSPS) is 17.6. The van der Waals surface area contributed by atoms with Gasteiger partial charge in [0.05, 0.1) is 0 Å². The van der Waals surface area contributed by atoms with Gasteiger partial charge in [-0.3, -0.25) is 9.59 Å². The van der Waals surface area contributed by atoms with E-state index in [-0.39, 0.29) is 5.92 Å². The van der Waals surface area contributed by atoms with Gasteiger partial charge >= 0.3 is 11.9 Å². The first-order chi connectivity index (χ1) is 7.09. The standard InChI is InChI=1S/C10H20N2O4/c1-5(6(11)8(13)14)4-10(2,3)7(12)9(15)16/h5-7H,4,11-12H2,1-3H3,(H,13,14)(H,15,16). The first kappa shape index (κ1) is 14.9. The highest BCUT2D eigenvalue weighted by molar-refractivity contribution is 5.74. The second-order valence-electron chi connectivity index (χ2n) is 4.85. The average molecular weight is 232 g/mol. The Bertz CT molecular complexity index is 278. The highest BCUT2D eigenvalue weighted by Crippen LogP contribution is 2.29. The van der Waals surface area contributed by atoms with Gasteiger partial charge < -0.3 is 21.7 Å². The van der Waals surface area contributed by atoms with E-state index < -0.39 is 29.4 Å². The van der Waals surface area contributed by atoms with Crippen LogP contribution in [0.4, 0.5) is 0 Å². The van der Waals surface area contributed by atoms with Gasteiger partial charge in [-0.1, -0.05) is 20.8 Å². The van der Waals surface area contributed by atoms with Crippen LogP contribution in [0.25, 0.3) is 0 Å². The molecule has 3 unspecified atom stereocenters. The molecule has 0 saturated heterocycles. The Labute approximate surface area is 94.6 Å². The van der Waals surface area contributed by atoms with Crippen molar-refractivity contribution in [3.05, 3.63) is 0 Å². The topological polar surface area (TPSA) is 127 Å². The number of aliphatic carboxylic acids is 2. The number of rotatable bonds is 6. The van der Waals surface area contributed by atoms with Crippen molar-refractivity contribution in [3.63, 3.8) is 0 Å². The van der Waals surface area contributed by atoms with E-state index in [0.717, 1.165) is 0 Å². The predicted molar refractivity (Wildman–Crippen MR) is 58.8 cm³/mol. The van der Waals surface area contributed by atoms with E-state index in [4.69, 9.17) is 21.7 Å². The Hall–Kier alpha value is -1.14. The van der Waals surface area contributed by atoms with Crippen LogP contribution >= 0.6 is 0 Å². The van der Waals surface area contributed by atoms with E-state index in [1.807, 2.05) is 0 Å². The van der Waals surface area contributed by atoms with Crippen LogP contribution in [0, 0.1) is 11.3 Å². The third-order valence-corrected chi connectivity index (χ3v) is 2.85. The molecule has 0 rings (SSSR count). The number of hydrogen-bond acceptors (Lipinski definition) is 4. The maximum Gasteiger partial charge on any atom is 0.321 e. The minimum absolute atomic E-state index is 0.335. The molecule has 0 heterocycles. The molecule has 0 fully saturated rings. The fraction of sp³-hybridized carbons (Fsp3) is 0.800. The lowest BCUT2D eigenvalue weighted by Gasteiger charge is -2.32. The Morgan fingerprint density at radius 2 is 1.62 bits per heavy atom. The first-order valence-corrected chi connectivity index (χ1v) is 5.06. The number of nitrogens with two attached hydrogens (primary N) is 2. The van der Waals surface area contributed by atoms with Crippen molar-refractivity contribution in [1.29, 1.82) is 0 Å². The van der Waals surface area contributed by atoms with Gasteiger partial charge in [-0.25, -0.2) is 0 Å². The third kappa shape index (κ3) is 3.79. The molecule has 0 amide bonds. The van der Waals surface area contributed by atoms with Crippen LogP contribution in [0.1, 0.15) is 27.2 Å². The van der Waals surface area contributed by atoms with Gasteiger partial charge in [-0.2, -0.15) is 0 Å². The highest BCUT2D eigenvalue weighted by Gasteiger charge is 2.35. The first-order valence-electron chi connectivity index (χ1n) is 5.06. The molecule has 0 aromatic carbocycles. The van der Waals surface area contributed by atoms with Crippen molar-refractivity contribution in [2.75, 3.05) is 0 Å². The minimum Gasteiger partial charge on any atom is -0.480 e. The van der Waals surface area contributed by atoms with E-state index in [9.17, 15) is 9.59 Å². The maximum absolute atomic E-state index is 10.8. The fourth-order valence-electron chi connectivity index (χ4n) is 1.66. The summed E-state index contributed by atoms with van der Waals surface area (Å²) in [4.78, 5) is 21.4. The molecule has 0 aliphatic rings. The van der Waals surface area contributed by atoms with Gasteiger partial charge in [0.1, 0.15) is 12.1 Å². The van der Waals surface area contributed by atoms with Gasteiger partial charge in [0.2, 0.25) is 0 Å². The van der Waals surface area contributed by atoms with E-state index in [0.29, 0.717) is 6.42 Å². The smallest absolute Gasteiger partial charge is 0.321 e. The third-order valence-electron chi connectivity index (χ3n) is 2.85. The summed E-state index contributed by atoms with van der Waals surface area (Å²) in [6.45, 7) is 5.06. The van der Waals surface area contributed by atoms with E-state index >= 15 is 0 Å². The number of hydrogen-bond donors (Lipinski definition) is 4. The molecular weight excluding hydrogens is 212 g/mol. The predicted octanol–water partition coefficient (Wildman–Crippen LogP) is -0.137. The molecule has 0 aliphatic carbocycles. The summed E-state index contributed by atoms with van der Waals surface area (Å²) >= 11 is 0. The molecule has 0 bridgehead atoms. The minimum atomic E-state index is -1.10. The Morgan fingerprint density at radius 1 is 1.19 bits per heavy atom. The van der Waals surface area contributed by atoms with Crippen molar-refractivity contribution >= 4 is 11.9 Å². The number of carbonyl (C=O) groups is 2. The summed E-state index contributed by atoms with van der Waals surface area (Å²) < 4.78 is 0. The largest absolute Gasteiger partial charge is 0.480 e. The van der Waals surface area contributed by atoms with Crippen LogP contribution in [0.5, 0.6) is 0 Å². The average Bonchev–Trinajstić information content (AvgIpc) is 2.14. The van der Waals surface area contributed by atoms with Crippen molar-refractivity contribution in [3.8, 4) is 0 Å². The van der Waals surface area contributed by atoms with Crippen LogP contribution in [-0.4, -0.2) is 34.2 Å². The second-order valence-corrected chi connectivity index (χ2v) is 4.85. The molecule has 6 nitrogen and oxygen atoms in total. The van der Waals surface area contributed by atoms with Crippen LogP contribution in [0.3, 0.4) is 0 Å². The highest BCUT2D eigenvalue weighted by atomic mass is 16.4. The Balaban J connectivity index is 4.58. The van der Waals surface area contributed by atoms with Crippen molar-refractivity contribution in [1.82, 2.24) is 0 Å². The maximum atomic E-state index is 10.8. The zero-order chi connectivity index (χ0) is 13.1. The molecule has 6 N–H and O–H groups in total. The van der Waals surface area contributed by atoms with E-state index in [1.165, 1.54) is 0 Å². The summed E-state index contributed by atoms with van der Waals surface area (Å²) in [6, 6.07) is -2.03. The van der Waals surface area contributed by atoms with Gasteiger partial charge in [-0.15, -0.1) is 0 Å². The van der Waals surface area contributed by atoms with E-state index in [2.05, 4.69) is 0 Å². The molecule has 0 saturated carbocycles. The quantitative estimate of drug-likeness (QED) is 0.505. The monoisotopic (exact) mass is 232 g/mol. The number of carboxylic acid groups (broad SMARTS) is 2. The second kappa shape index (κ2) is 5.27. The summed E-state index contributed by atoms with van der Waals surface area (Å²) in [5.41, 5.74) is 10.3. The fourth-order valence-corrected chi connectivity index (χ4v) is 1.66. The molecule has 3 atom stereocenters. The van der Waals surface area contributed by atoms with Gasteiger partial charge in [-0.05, 0) is 17.8 Å². The van der Waals surface area contributed by atoms with Crippen LogP contribution in [0.15, 0.2) is 0 Å². The molecular formula is C10H20N2O4. The van der Waals surface area contributed by atoms with Crippen molar-refractivity contribution < 1.29 is 19.8 Å². The molecule has 94 valence electrons. The number of carboxylic acids is 2. The lowest BCUT2D eigenvalue weighted by molar-refractivity contribution is -0.141. The lowest BCUT2D eigenvalue weighted by Crippen LogP contribution is -2.47. The zero-order valence-corrected chi connectivity index (χ0v) is 9.80. The van der Waals surface area contributed by atoms with Gasteiger partial charge in [0.25, 0.3) is 0 Å². The van der Waals surface area contributed by atoms with Crippen molar-refractivity contribution in [2.24, 2.45) is 22.8 Å². The van der Waals surface area contributed by atoms with Crippen LogP contribution in [0.2, 0.25) is 0 Å². The lowest BCUT2D eigenvalue weighted by atomic mass is 9.75. The summed E-state index contributed by atoms with van der Waals surface area (Å²) in [6.07, 6.45) is 0.341. The molecule has 0 spiro atoms. The summed E-state index contributed by atoms with van der Waals surface area (Å²) in [5, 5.41) is 17.5. The van der Waals surface area contributed by atoms with Crippen LogP contribution < -0.4 is 11.5 Å². The van der Waals surface area contributed by atoms with Gasteiger partial charge in [0, 0.05) is 0 Å².